The fourth-order valence-electron chi connectivity index (χ4n) is 3.57. The molecule has 0 aliphatic heterocycles. The Labute approximate surface area is 185 Å². The maximum atomic E-state index is 6.06. The van der Waals surface area contributed by atoms with Gasteiger partial charge < -0.3 is 13.7 Å². The molecule has 3 aromatic heterocycles. The van der Waals surface area contributed by atoms with Gasteiger partial charge in [0.1, 0.15) is 17.9 Å². The van der Waals surface area contributed by atoms with Crippen molar-refractivity contribution in [2.75, 3.05) is 0 Å². The summed E-state index contributed by atoms with van der Waals surface area (Å²) < 4.78 is 14.0. The smallest absolute Gasteiger partial charge is 0.237 e. The van der Waals surface area contributed by atoms with Gasteiger partial charge in [-0.15, -0.1) is 11.3 Å². The van der Waals surface area contributed by atoms with Crippen LogP contribution in [0.1, 0.15) is 24.0 Å². The van der Waals surface area contributed by atoms with Crippen LogP contribution in [-0.2, 0) is 19.6 Å². The molecule has 0 N–H and O–H groups in total. The summed E-state index contributed by atoms with van der Waals surface area (Å²) in [7, 11) is 0. The van der Waals surface area contributed by atoms with Gasteiger partial charge in [-0.2, -0.15) is 0 Å². The summed E-state index contributed by atoms with van der Waals surface area (Å²) >= 11 is 1.63. The lowest BCUT2D eigenvalue weighted by Gasteiger charge is -2.08. The Morgan fingerprint density at radius 3 is 2.87 bits per heavy atom. The fraction of sp³-hybridized carbons (Fsp3) is 0.200. The molecule has 0 saturated carbocycles. The molecule has 5 rings (SSSR count). The van der Waals surface area contributed by atoms with Crippen molar-refractivity contribution >= 4 is 22.4 Å². The molecule has 0 unspecified atom stereocenters. The summed E-state index contributed by atoms with van der Waals surface area (Å²) in [6.07, 6.45) is 9.01. The van der Waals surface area contributed by atoms with Gasteiger partial charge in [0, 0.05) is 18.9 Å². The molecule has 6 heteroatoms. The van der Waals surface area contributed by atoms with Crippen LogP contribution in [0.3, 0.4) is 0 Å². The van der Waals surface area contributed by atoms with Gasteiger partial charge in [-0.25, -0.2) is 9.97 Å². The summed E-state index contributed by atoms with van der Waals surface area (Å²) in [6, 6.07) is 18.4. The zero-order chi connectivity index (χ0) is 20.9. The molecule has 0 saturated heterocycles. The molecular formula is C25H23N3O2S. The van der Waals surface area contributed by atoms with E-state index >= 15 is 0 Å². The summed E-state index contributed by atoms with van der Waals surface area (Å²) in [5.41, 5.74) is 4.03. The standard InChI is InChI=1S/C25H23N3O2S/c1(2-12-28-13-11-26-18-28)5-19-6-3-7-21(15-19)29-17-20-9-10-23-22(16-20)27-25(30-23)24-8-4-14-31-24/h3-4,6-11,13-16,18H,1-2,5,12,17H2. The molecule has 156 valence electrons. The molecule has 0 spiro atoms. The molecule has 0 atom stereocenters. The predicted octanol–water partition coefficient (Wildman–Crippen LogP) is 6.35. The van der Waals surface area contributed by atoms with Gasteiger partial charge in [-0.05, 0) is 66.1 Å². The summed E-state index contributed by atoms with van der Waals surface area (Å²) in [5.74, 6) is 1.57. The van der Waals surface area contributed by atoms with Crippen LogP contribution in [0, 0.1) is 0 Å². The first-order chi connectivity index (χ1) is 15.3. The van der Waals surface area contributed by atoms with Crippen LogP contribution in [0.15, 0.2) is 83.1 Å². The summed E-state index contributed by atoms with van der Waals surface area (Å²) in [4.78, 5) is 9.75. The number of nitrogens with zero attached hydrogens (tertiary/aromatic N) is 3. The van der Waals surface area contributed by atoms with Crippen molar-refractivity contribution in [2.45, 2.75) is 32.4 Å². The van der Waals surface area contributed by atoms with E-state index in [0.29, 0.717) is 12.5 Å². The molecule has 0 amide bonds. The third-order valence-corrected chi connectivity index (χ3v) is 6.04. The molecule has 5 aromatic rings. The Bertz CT molecular complexity index is 1240. The van der Waals surface area contributed by atoms with Crippen LogP contribution in [0.4, 0.5) is 0 Å². The van der Waals surface area contributed by atoms with Gasteiger partial charge in [0.05, 0.1) is 11.2 Å². The highest BCUT2D eigenvalue weighted by atomic mass is 32.1. The highest BCUT2D eigenvalue weighted by molar-refractivity contribution is 7.13. The quantitative estimate of drug-likeness (QED) is 0.256. The largest absolute Gasteiger partial charge is 0.489 e. The number of oxazole rings is 1. The van der Waals surface area contributed by atoms with Crippen molar-refractivity contribution in [3.05, 3.63) is 89.8 Å². The van der Waals surface area contributed by atoms with Gasteiger partial charge in [0.2, 0.25) is 5.89 Å². The molecule has 3 heterocycles. The van der Waals surface area contributed by atoms with Crippen molar-refractivity contribution in [1.29, 1.82) is 0 Å². The zero-order valence-electron chi connectivity index (χ0n) is 17.1. The molecule has 0 radical (unpaired) electrons. The number of unbranched alkanes of at least 4 members (excludes halogenated alkanes) is 1. The molecule has 31 heavy (non-hydrogen) atoms. The first-order valence-corrected chi connectivity index (χ1v) is 11.3. The molecular weight excluding hydrogens is 406 g/mol. The van der Waals surface area contributed by atoms with Crippen LogP contribution in [-0.4, -0.2) is 14.5 Å². The monoisotopic (exact) mass is 429 g/mol. The number of hydrogen-bond donors (Lipinski definition) is 0. The number of aromatic nitrogens is 3. The van der Waals surface area contributed by atoms with E-state index in [-0.39, 0.29) is 0 Å². The number of hydrogen-bond acceptors (Lipinski definition) is 5. The molecule has 0 bridgehead atoms. The second-order valence-electron chi connectivity index (χ2n) is 7.49. The Hall–Kier alpha value is -3.38. The van der Waals surface area contributed by atoms with E-state index in [9.17, 15) is 0 Å². The summed E-state index contributed by atoms with van der Waals surface area (Å²) in [5, 5.41) is 2.03. The molecule has 5 nitrogen and oxygen atoms in total. The minimum Gasteiger partial charge on any atom is -0.489 e. The van der Waals surface area contributed by atoms with Crippen molar-refractivity contribution in [2.24, 2.45) is 0 Å². The lowest BCUT2D eigenvalue weighted by Crippen LogP contribution is -1.97. The van der Waals surface area contributed by atoms with Crippen LogP contribution in [0.5, 0.6) is 5.75 Å². The van der Waals surface area contributed by atoms with Crippen molar-refractivity contribution in [3.8, 4) is 16.5 Å². The number of aryl methyl sites for hydroxylation is 2. The Balaban J connectivity index is 1.17. The van der Waals surface area contributed by atoms with Gasteiger partial charge in [0.15, 0.2) is 5.58 Å². The normalized spacial score (nSPS) is 11.2. The second-order valence-corrected chi connectivity index (χ2v) is 8.44. The SMILES string of the molecule is c1cc(CCCCn2ccnc2)cc(OCc2ccc3oc(-c4cccs4)nc3c2)c1. The Morgan fingerprint density at radius 2 is 2.00 bits per heavy atom. The molecule has 0 fully saturated rings. The van der Waals surface area contributed by atoms with Crippen molar-refractivity contribution in [1.82, 2.24) is 14.5 Å². The van der Waals surface area contributed by atoms with Crippen molar-refractivity contribution in [3.63, 3.8) is 0 Å². The second kappa shape index (κ2) is 9.18. The Morgan fingerprint density at radius 1 is 1.00 bits per heavy atom. The molecule has 0 aliphatic carbocycles. The minimum atomic E-state index is 0.501. The minimum absolute atomic E-state index is 0.501. The first kappa shape index (κ1) is 19.6. The van der Waals surface area contributed by atoms with Crippen LogP contribution >= 0.6 is 11.3 Å². The topological polar surface area (TPSA) is 53.1 Å². The average Bonchev–Trinajstić information content (AvgIpc) is 3.56. The summed E-state index contributed by atoms with van der Waals surface area (Å²) in [6.45, 7) is 1.51. The maximum Gasteiger partial charge on any atom is 0.237 e. The van der Waals surface area contributed by atoms with E-state index in [2.05, 4.69) is 32.7 Å². The highest BCUT2D eigenvalue weighted by Gasteiger charge is 2.10. The number of ether oxygens (including phenoxy) is 1. The predicted molar refractivity (Wildman–Crippen MR) is 123 cm³/mol. The van der Waals surface area contributed by atoms with E-state index in [4.69, 9.17) is 9.15 Å². The van der Waals surface area contributed by atoms with E-state index < -0.39 is 0 Å². The van der Waals surface area contributed by atoms with Crippen LogP contribution in [0.2, 0.25) is 0 Å². The number of fused-ring (bicyclic) bond motifs is 1. The zero-order valence-corrected chi connectivity index (χ0v) is 17.9. The van der Waals surface area contributed by atoms with Crippen molar-refractivity contribution < 1.29 is 9.15 Å². The number of thiophene rings is 1. The van der Waals surface area contributed by atoms with Gasteiger partial charge >= 0.3 is 0 Å². The van der Waals surface area contributed by atoms with Crippen LogP contribution < -0.4 is 4.74 Å². The molecule has 0 aliphatic rings. The number of benzene rings is 2. The van der Waals surface area contributed by atoms with E-state index in [1.165, 1.54) is 5.56 Å². The van der Waals surface area contributed by atoms with Gasteiger partial charge in [-0.3, -0.25) is 0 Å². The third kappa shape index (κ3) is 4.86. The average molecular weight is 430 g/mol. The third-order valence-electron chi connectivity index (χ3n) is 5.18. The highest BCUT2D eigenvalue weighted by Crippen LogP contribution is 2.28. The van der Waals surface area contributed by atoms with E-state index in [0.717, 1.165) is 53.1 Å². The number of rotatable bonds is 9. The fourth-order valence-corrected chi connectivity index (χ4v) is 4.22. The number of imidazole rings is 1. The lowest BCUT2D eigenvalue weighted by atomic mass is 10.1. The Kier molecular flexibility index (Phi) is 5.80. The van der Waals surface area contributed by atoms with Gasteiger partial charge in [0.25, 0.3) is 0 Å². The van der Waals surface area contributed by atoms with E-state index in [1.807, 2.05) is 60.5 Å². The lowest BCUT2D eigenvalue weighted by molar-refractivity contribution is 0.306. The molecule has 2 aromatic carbocycles. The van der Waals surface area contributed by atoms with Gasteiger partial charge in [-0.1, -0.05) is 24.3 Å². The first-order valence-electron chi connectivity index (χ1n) is 10.4. The van der Waals surface area contributed by atoms with Crippen LogP contribution in [0.25, 0.3) is 21.9 Å². The maximum absolute atomic E-state index is 6.06. The van der Waals surface area contributed by atoms with E-state index in [1.54, 1.807) is 11.3 Å².